The third kappa shape index (κ3) is 3.91. The molecule has 3 aromatic rings. The van der Waals surface area contributed by atoms with Crippen molar-refractivity contribution < 1.29 is 22.0 Å². The minimum Gasteiger partial charge on any atom is -0.305 e. The zero-order chi connectivity index (χ0) is 18.2. The van der Waals surface area contributed by atoms with Gasteiger partial charge in [-0.2, -0.15) is 0 Å². The Bertz CT molecular complexity index is 1080. The lowest BCUT2D eigenvalue weighted by atomic mass is 10.3. The number of urea groups is 1. The number of hydrogen-bond donors (Lipinski definition) is 2. The summed E-state index contributed by atoms with van der Waals surface area (Å²) in [6.45, 7) is 0. The third-order valence-corrected chi connectivity index (χ3v) is 5.23. The first-order valence-electron chi connectivity index (χ1n) is 6.86. The quantitative estimate of drug-likeness (QED) is 0.723. The van der Waals surface area contributed by atoms with Crippen LogP contribution in [-0.2, 0) is 9.84 Å². The summed E-state index contributed by atoms with van der Waals surface area (Å²) >= 11 is 1.06. The summed E-state index contributed by atoms with van der Waals surface area (Å²) in [6, 6.07) is 6.29. The van der Waals surface area contributed by atoms with Crippen LogP contribution in [0.15, 0.2) is 41.3 Å². The third-order valence-electron chi connectivity index (χ3n) is 3.19. The van der Waals surface area contributed by atoms with E-state index in [9.17, 15) is 22.0 Å². The molecule has 0 radical (unpaired) electrons. The molecule has 1 aromatic heterocycles. The number of halogens is 2. The maximum Gasteiger partial charge on any atom is 0.325 e. The van der Waals surface area contributed by atoms with Crippen LogP contribution in [0.4, 0.5) is 24.4 Å². The minimum atomic E-state index is -3.36. The molecule has 0 aliphatic rings. The Hall–Kier alpha value is -2.59. The van der Waals surface area contributed by atoms with E-state index in [2.05, 4.69) is 15.6 Å². The first kappa shape index (κ1) is 17.2. The van der Waals surface area contributed by atoms with E-state index in [4.69, 9.17) is 0 Å². The first-order chi connectivity index (χ1) is 11.7. The molecule has 0 aliphatic carbocycles. The summed E-state index contributed by atoms with van der Waals surface area (Å²) in [4.78, 5) is 16.2. The molecule has 10 heteroatoms. The summed E-state index contributed by atoms with van der Waals surface area (Å²) in [5, 5.41) is 4.78. The molecule has 0 aliphatic heterocycles. The highest BCUT2D eigenvalue weighted by molar-refractivity contribution is 7.90. The van der Waals surface area contributed by atoms with Crippen molar-refractivity contribution in [2.24, 2.45) is 0 Å². The van der Waals surface area contributed by atoms with Crippen molar-refractivity contribution in [1.29, 1.82) is 0 Å². The molecule has 0 saturated heterocycles. The van der Waals surface area contributed by atoms with Gasteiger partial charge in [-0.3, -0.25) is 5.32 Å². The van der Waals surface area contributed by atoms with Crippen LogP contribution in [0.1, 0.15) is 0 Å². The van der Waals surface area contributed by atoms with Crippen molar-refractivity contribution in [3.8, 4) is 0 Å². The molecule has 2 N–H and O–H groups in total. The van der Waals surface area contributed by atoms with Gasteiger partial charge in [0.05, 0.1) is 20.8 Å². The van der Waals surface area contributed by atoms with Crippen LogP contribution in [0.3, 0.4) is 0 Å². The van der Waals surface area contributed by atoms with Crippen LogP contribution >= 0.6 is 11.3 Å². The second-order valence-corrected chi connectivity index (χ2v) is 8.17. The summed E-state index contributed by atoms with van der Waals surface area (Å²) < 4.78 is 50.3. The molecule has 3 rings (SSSR count). The van der Waals surface area contributed by atoms with Crippen molar-refractivity contribution >= 4 is 48.2 Å². The van der Waals surface area contributed by atoms with E-state index in [-0.39, 0.29) is 15.7 Å². The lowest BCUT2D eigenvalue weighted by molar-refractivity contribution is 0.262. The fraction of sp³-hybridized carbons (Fsp3) is 0.0667. The molecule has 0 atom stereocenters. The number of carbonyl (C=O) groups excluding carboxylic acids is 1. The van der Waals surface area contributed by atoms with Gasteiger partial charge in [0.2, 0.25) is 0 Å². The number of hydrogen-bond acceptors (Lipinski definition) is 5. The number of sulfone groups is 1. The number of aromatic nitrogens is 1. The van der Waals surface area contributed by atoms with Crippen LogP contribution in [0, 0.1) is 11.6 Å². The van der Waals surface area contributed by atoms with Gasteiger partial charge >= 0.3 is 6.03 Å². The molecule has 0 saturated carbocycles. The van der Waals surface area contributed by atoms with Crippen LogP contribution in [0.25, 0.3) is 10.2 Å². The second kappa shape index (κ2) is 6.37. The SMILES string of the molecule is CS(=O)(=O)c1ccc2nc(NC(=O)Nc3cc(F)ccc3F)sc2c1. The van der Waals surface area contributed by atoms with Crippen LogP contribution < -0.4 is 10.6 Å². The van der Waals surface area contributed by atoms with Crippen LogP contribution in [-0.4, -0.2) is 25.7 Å². The van der Waals surface area contributed by atoms with Crippen LogP contribution in [0.2, 0.25) is 0 Å². The maximum absolute atomic E-state index is 13.5. The minimum absolute atomic E-state index is 0.140. The topological polar surface area (TPSA) is 88.2 Å². The maximum atomic E-state index is 13.5. The summed E-state index contributed by atoms with van der Waals surface area (Å²) in [5.74, 6) is -1.47. The number of rotatable bonds is 3. The van der Waals surface area contributed by atoms with Crippen molar-refractivity contribution in [3.05, 3.63) is 48.0 Å². The predicted molar refractivity (Wildman–Crippen MR) is 91.7 cm³/mol. The molecular formula is C15H11F2N3O3S2. The van der Waals surface area contributed by atoms with Gasteiger partial charge in [-0.1, -0.05) is 11.3 Å². The molecule has 130 valence electrons. The number of thiazole rings is 1. The Kier molecular flexibility index (Phi) is 4.39. The van der Waals surface area contributed by atoms with E-state index in [1.807, 2.05) is 0 Å². The number of carbonyl (C=O) groups is 1. The fourth-order valence-electron chi connectivity index (χ4n) is 2.03. The Labute approximate surface area is 145 Å². The molecule has 0 bridgehead atoms. The van der Waals surface area contributed by atoms with Crippen molar-refractivity contribution in [2.45, 2.75) is 4.90 Å². The molecule has 6 nitrogen and oxygen atoms in total. The van der Waals surface area contributed by atoms with E-state index in [1.165, 1.54) is 18.2 Å². The number of nitrogens with zero attached hydrogens (tertiary/aromatic N) is 1. The van der Waals surface area contributed by atoms with Gasteiger partial charge in [-0.15, -0.1) is 0 Å². The highest BCUT2D eigenvalue weighted by atomic mass is 32.2. The lowest BCUT2D eigenvalue weighted by Crippen LogP contribution is -2.20. The number of amides is 2. The highest BCUT2D eigenvalue weighted by Crippen LogP contribution is 2.28. The van der Waals surface area contributed by atoms with Crippen molar-refractivity contribution in [3.63, 3.8) is 0 Å². The molecule has 0 unspecified atom stereocenters. The number of benzene rings is 2. The largest absolute Gasteiger partial charge is 0.325 e. The van der Waals surface area contributed by atoms with E-state index in [1.54, 1.807) is 0 Å². The standard InChI is InChI=1S/C15H11F2N3O3S2/c1-25(22,23)9-3-5-11-13(7-9)24-15(19-11)20-14(21)18-12-6-8(16)2-4-10(12)17/h2-7H,1H3,(H2,18,19,20,21). The molecule has 2 aromatic carbocycles. The summed E-state index contributed by atoms with van der Waals surface area (Å²) in [6.07, 6.45) is 1.09. The summed E-state index contributed by atoms with van der Waals surface area (Å²) in [7, 11) is -3.36. The molecular weight excluding hydrogens is 372 g/mol. The first-order valence-corrected chi connectivity index (χ1v) is 9.57. The molecule has 0 fully saturated rings. The Morgan fingerprint density at radius 3 is 2.60 bits per heavy atom. The van der Waals surface area contributed by atoms with Gasteiger partial charge < -0.3 is 5.32 Å². The normalized spacial score (nSPS) is 11.5. The van der Waals surface area contributed by atoms with E-state index < -0.39 is 27.5 Å². The average Bonchev–Trinajstić information content (AvgIpc) is 2.91. The van der Waals surface area contributed by atoms with Gasteiger partial charge in [0, 0.05) is 12.3 Å². The summed E-state index contributed by atoms with van der Waals surface area (Å²) in [5.41, 5.74) is 0.197. The Morgan fingerprint density at radius 1 is 1.12 bits per heavy atom. The smallest absolute Gasteiger partial charge is 0.305 e. The van der Waals surface area contributed by atoms with E-state index >= 15 is 0 Å². The van der Waals surface area contributed by atoms with Gasteiger partial charge in [0.25, 0.3) is 0 Å². The molecule has 1 heterocycles. The Balaban J connectivity index is 1.80. The van der Waals surface area contributed by atoms with E-state index in [0.29, 0.717) is 10.2 Å². The van der Waals surface area contributed by atoms with Crippen molar-refractivity contribution in [1.82, 2.24) is 4.98 Å². The van der Waals surface area contributed by atoms with Gasteiger partial charge in [0.1, 0.15) is 11.6 Å². The highest BCUT2D eigenvalue weighted by Gasteiger charge is 2.13. The van der Waals surface area contributed by atoms with Gasteiger partial charge in [-0.25, -0.2) is 27.0 Å². The molecule has 25 heavy (non-hydrogen) atoms. The predicted octanol–water partition coefficient (Wildman–Crippen LogP) is 3.62. The number of nitrogens with one attached hydrogen (secondary N) is 2. The van der Waals surface area contributed by atoms with Crippen LogP contribution in [0.5, 0.6) is 0 Å². The fourth-order valence-corrected chi connectivity index (χ4v) is 3.65. The second-order valence-electron chi connectivity index (χ2n) is 5.12. The van der Waals surface area contributed by atoms with Gasteiger partial charge in [0.15, 0.2) is 15.0 Å². The van der Waals surface area contributed by atoms with Crippen molar-refractivity contribution in [2.75, 3.05) is 16.9 Å². The molecule has 0 spiro atoms. The zero-order valence-corrected chi connectivity index (χ0v) is 14.3. The zero-order valence-electron chi connectivity index (χ0n) is 12.7. The number of fused-ring (bicyclic) bond motifs is 1. The molecule has 2 amide bonds. The monoisotopic (exact) mass is 383 g/mol. The van der Waals surface area contributed by atoms with Gasteiger partial charge in [-0.05, 0) is 30.3 Å². The van der Waals surface area contributed by atoms with E-state index in [0.717, 1.165) is 35.8 Å². The lowest BCUT2D eigenvalue weighted by Gasteiger charge is -2.06. The Morgan fingerprint density at radius 2 is 1.88 bits per heavy atom. The number of anilines is 2. The average molecular weight is 383 g/mol.